The topological polar surface area (TPSA) is 0 Å². The Balaban J connectivity index is 1.74. The van der Waals surface area contributed by atoms with Crippen LogP contribution in [0.3, 0.4) is 0 Å². The fraction of sp³-hybridized carbons (Fsp3) is 0.0909. The SMILES string of the molecule is C[Si](C)(C)[Si](c1ccccc1)(c1ccccc1)[Si](c1ccccc1)(c1ccccc1)[Si](c1ccccc1)(c1ccccc1)[Si](c1ccccc1)(c1ccccc1)[Si](c1ccccc1)(c1ccccc1)[Si](C)(C)C. The minimum absolute atomic E-state index is 1.57. The molecule has 0 nitrogen and oxygen atoms in total. The molecule has 7 heteroatoms. The maximum atomic E-state index is 2.80. The van der Waals surface area contributed by atoms with E-state index in [-0.39, 0.29) is 0 Å². The van der Waals surface area contributed by atoms with Gasteiger partial charge in [0.2, 0.25) is 0 Å². The van der Waals surface area contributed by atoms with Crippen molar-refractivity contribution in [2.75, 3.05) is 0 Å². The highest BCUT2D eigenvalue weighted by atomic mass is 30.1. The lowest BCUT2D eigenvalue weighted by molar-refractivity contribution is 1.67. The fourth-order valence-corrected chi connectivity index (χ4v) is 208. The Labute approximate surface area is 442 Å². The van der Waals surface area contributed by atoms with Gasteiger partial charge in [0.05, 0.1) is 0 Å². The van der Waals surface area contributed by atoms with Crippen molar-refractivity contribution in [1.29, 1.82) is 0 Å². The van der Waals surface area contributed by atoms with Crippen molar-refractivity contribution in [2.45, 2.75) is 39.3 Å². The number of benzene rings is 10. The van der Waals surface area contributed by atoms with Crippen LogP contribution < -0.4 is 51.9 Å². The van der Waals surface area contributed by atoms with E-state index >= 15 is 0 Å². The van der Waals surface area contributed by atoms with E-state index in [0.29, 0.717) is 0 Å². The van der Waals surface area contributed by atoms with Gasteiger partial charge in [0.15, 0.2) is 0 Å². The Kier molecular flexibility index (Phi) is 14.2. The fourth-order valence-electron chi connectivity index (χ4n) is 14.9. The van der Waals surface area contributed by atoms with Crippen LogP contribution in [0.5, 0.6) is 0 Å². The van der Waals surface area contributed by atoms with E-state index in [1.807, 2.05) is 0 Å². The van der Waals surface area contributed by atoms with Crippen LogP contribution >= 0.6 is 0 Å². The Morgan fingerprint density at radius 1 is 0.137 bits per heavy atom. The van der Waals surface area contributed by atoms with Gasteiger partial charge in [0.1, 0.15) is 35.5 Å². The van der Waals surface area contributed by atoms with E-state index in [1.54, 1.807) is 51.9 Å². The maximum Gasteiger partial charge on any atom is 0.121 e. The molecule has 0 fully saturated rings. The van der Waals surface area contributed by atoms with Crippen molar-refractivity contribution in [3.05, 3.63) is 303 Å². The zero-order valence-corrected chi connectivity index (χ0v) is 50.4. The number of rotatable bonds is 16. The lowest BCUT2D eigenvalue weighted by atomic mass is 10.4. The molecule has 73 heavy (non-hydrogen) atoms. The Morgan fingerprint density at radius 2 is 0.233 bits per heavy atom. The number of hydrogen-bond donors (Lipinski definition) is 0. The quantitative estimate of drug-likeness (QED) is 0.0848. The highest BCUT2D eigenvalue weighted by Crippen LogP contribution is 2.45. The van der Waals surface area contributed by atoms with Crippen LogP contribution in [0.25, 0.3) is 0 Å². The van der Waals surface area contributed by atoms with Crippen molar-refractivity contribution in [2.24, 2.45) is 0 Å². The number of hydrogen-bond acceptors (Lipinski definition) is 0. The zero-order chi connectivity index (χ0) is 50.6. The van der Waals surface area contributed by atoms with Gasteiger partial charge >= 0.3 is 0 Å². The molecule has 0 saturated heterocycles. The summed E-state index contributed by atoms with van der Waals surface area (Å²) < 4.78 is 0. The smallest absolute Gasteiger partial charge is 0.0710 e. The molecule has 0 amide bonds. The molecule has 10 aromatic carbocycles. The maximum absolute atomic E-state index is 3.82. The monoisotopic (exact) mass is 1060 g/mol. The van der Waals surface area contributed by atoms with Crippen LogP contribution in [-0.2, 0) is 0 Å². The summed E-state index contributed by atoms with van der Waals surface area (Å²) in [5, 5.41) is 15.7. The Bertz CT molecular complexity index is 2930. The minimum Gasteiger partial charge on any atom is -0.0710 e. The molecular formula is C66H68Si7. The third kappa shape index (κ3) is 7.57. The molecule has 0 aromatic heterocycles. The van der Waals surface area contributed by atoms with E-state index < -0.39 is 50.7 Å². The first-order valence-electron chi connectivity index (χ1n) is 26.1. The molecule has 0 aliphatic heterocycles. The molecule has 0 unspecified atom stereocenters. The summed E-state index contributed by atoms with van der Waals surface area (Å²) in [7, 11) is -23.0. The molecule has 10 rings (SSSR count). The van der Waals surface area contributed by atoms with Gasteiger partial charge in [-0.3, -0.25) is 0 Å². The first-order chi connectivity index (χ1) is 35.6. The molecular weight excluding hydrogens is 989 g/mol. The van der Waals surface area contributed by atoms with Crippen LogP contribution in [0, 0.1) is 0 Å². The summed E-state index contributed by atoms with van der Waals surface area (Å²) in [6.45, 7) is 16.8. The van der Waals surface area contributed by atoms with E-state index in [1.165, 1.54) is 0 Å². The molecule has 0 atom stereocenters. The first kappa shape index (κ1) is 50.3. The summed E-state index contributed by atoms with van der Waals surface area (Å²) in [6, 6.07) is 124. The molecule has 0 N–H and O–H groups in total. The Morgan fingerprint density at radius 3 is 0.342 bits per heavy atom. The van der Waals surface area contributed by atoms with Crippen molar-refractivity contribution in [3.63, 3.8) is 0 Å². The summed E-state index contributed by atoms with van der Waals surface area (Å²) in [4.78, 5) is 0. The van der Waals surface area contributed by atoms with Gasteiger partial charge in [-0.25, -0.2) is 0 Å². The molecule has 0 saturated carbocycles. The van der Waals surface area contributed by atoms with Gasteiger partial charge in [-0.1, -0.05) is 394 Å². The van der Waals surface area contributed by atoms with Crippen molar-refractivity contribution in [1.82, 2.24) is 0 Å². The third-order valence-corrected chi connectivity index (χ3v) is 131. The van der Waals surface area contributed by atoms with Crippen LogP contribution in [0.4, 0.5) is 0 Å². The second kappa shape index (κ2) is 20.6. The normalized spacial score (nSPS) is 12.8. The second-order valence-electron chi connectivity index (χ2n) is 21.9. The second-order valence-corrected chi connectivity index (χ2v) is 83.2. The Hall–Kier alpha value is -6.28. The van der Waals surface area contributed by atoms with E-state index in [4.69, 9.17) is 0 Å². The predicted octanol–water partition coefficient (Wildman–Crippen LogP) is 9.45. The van der Waals surface area contributed by atoms with Crippen LogP contribution in [0.1, 0.15) is 0 Å². The molecule has 0 spiro atoms. The third-order valence-electron chi connectivity index (χ3n) is 16.6. The largest absolute Gasteiger partial charge is 0.121 e. The van der Waals surface area contributed by atoms with Crippen molar-refractivity contribution < 1.29 is 0 Å². The van der Waals surface area contributed by atoms with Crippen LogP contribution in [0.15, 0.2) is 303 Å². The summed E-state index contributed by atoms with van der Waals surface area (Å²) in [6.07, 6.45) is 0. The lowest BCUT2D eigenvalue weighted by Gasteiger charge is -2.71. The first-order valence-corrected chi connectivity index (χ1v) is 49.1. The van der Waals surface area contributed by atoms with Gasteiger partial charge in [-0.2, -0.15) is 0 Å². The molecule has 0 heterocycles. The highest BCUT2D eigenvalue weighted by molar-refractivity contribution is 8.14. The molecule has 0 bridgehead atoms. The molecule has 360 valence electrons. The highest BCUT2D eigenvalue weighted by Gasteiger charge is 2.85. The van der Waals surface area contributed by atoms with Gasteiger partial charge in [0.25, 0.3) is 0 Å². The predicted molar refractivity (Wildman–Crippen MR) is 336 cm³/mol. The van der Waals surface area contributed by atoms with Crippen molar-refractivity contribution in [3.8, 4) is 0 Å². The molecule has 10 aromatic rings. The summed E-state index contributed by atoms with van der Waals surface area (Å²) in [5.74, 6) is 0. The van der Waals surface area contributed by atoms with Gasteiger partial charge in [-0.05, 0) is 0 Å². The lowest BCUT2D eigenvalue weighted by Crippen LogP contribution is -3.15. The average Bonchev–Trinajstić information content (AvgIpc) is 3.46. The van der Waals surface area contributed by atoms with Crippen LogP contribution in [0.2, 0.25) is 39.3 Å². The average molecular weight is 1060 g/mol. The van der Waals surface area contributed by atoms with Gasteiger partial charge in [0, 0.05) is 15.2 Å². The van der Waals surface area contributed by atoms with E-state index in [0.717, 1.165) is 0 Å². The molecule has 0 radical (unpaired) electrons. The van der Waals surface area contributed by atoms with Crippen molar-refractivity contribution >= 4 is 103 Å². The molecule has 0 aliphatic carbocycles. The molecule has 0 aliphatic rings. The minimum atomic E-state index is -3.82. The summed E-state index contributed by atoms with van der Waals surface area (Å²) >= 11 is 0. The summed E-state index contributed by atoms with van der Waals surface area (Å²) in [5.41, 5.74) is 0. The standard InChI is InChI=1S/C66H68Si7/c1-67(2,3)69(57-37-17-7-18-38-57,58-39-19-8-20-40-58)71(61-45-25-11-26-46-61,62-47-27-12-28-48-62)73(65-53-33-15-34-54-65,66-55-35-16-36-56-66)72(63-49-29-13-30-50-63,64-51-31-14-32-52-64)70(68(4,5)6,59-41-21-9-22-42-59)60-43-23-10-24-44-60/h7-56H,1-6H3. The van der Waals surface area contributed by atoms with Gasteiger partial charge < -0.3 is 0 Å². The zero-order valence-electron chi connectivity index (χ0n) is 43.4. The van der Waals surface area contributed by atoms with E-state index in [9.17, 15) is 0 Å². The van der Waals surface area contributed by atoms with Gasteiger partial charge in [-0.15, -0.1) is 0 Å². The van der Waals surface area contributed by atoms with E-state index in [2.05, 4.69) is 343 Å². The van der Waals surface area contributed by atoms with Crippen LogP contribution in [-0.4, -0.2) is 50.7 Å².